The van der Waals surface area contributed by atoms with Gasteiger partial charge in [-0.15, -0.1) is 0 Å². The Morgan fingerprint density at radius 3 is 1.74 bits per heavy atom. The Morgan fingerprint density at radius 1 is 0.774 bits per heavy atom. The quantitative estimate of drug-likeness (QED) is 0.298. The molecule has 31 heavy (non-hydrogen) atoms. The van der Waals surface area contributed by atoms with Crippen LogP contribution in [0.5, 0.6) is 0 Å². The van der Waals surface area contributed by atoms with Crippen molar-refractivity contribution in [2.75, 3.05) is 6.54 Å². The molecule has 1 N–H and O–H groups in total. The summed E-state index contributed by atoms with van der Waals surface area (Å²) < 4.78 is 0. The molecule has 5 rings (SSSR count). The van der Waals surface area contributed by atoms with Crippen LogP contribution in [0.4, 0.5) is 0 Å². The number of benzene rings is 3. The van der Waals surface area contributed by atoms with Crippen molar-refractivity contribution < 1.29 is 5.11 Å². The van der Waals surface area contributed by atoms with Gasteiger partial charge in [0.05, 0.1) is 17.7 Å². The highest BCUT2D eigenvalue weighted by Gasteiger charge is 2.55. The molecule has 3 atom stereocenters. The van der Waals surface area contributed by atoms with Crippen molar-refractivity contribution in [2.45, 2.75) is 49.8 Å². The summed E-state index contributed by atoms with van der Waals surface area (Å²) in [6.45, 7) is 0.896. The Kier molecular flexibility index (Phi) is 5.76. The fraction of sp³-hybridized carbons (Fsp3) is 0.310. The predicted molar refractivity (Wildman–Crippen MR) is 127 cm³/mol. The molecule has 3 aromatic rings. The van der Waals surface area contributed by atoms with E-state index in [0.717, 1.165) is 19.4 Å². The van der Waals surface area contributed by atoms with E-state index in [2.05, 4.69) is 102 Å². The van der Waals surface area contributed by atoms with E-state index in [4.69, 9.17) is 0 Å². The Balaban J connectivity index is 1.57. The van der Waals surface area contributed by atoms with Crippen molar-refractivity contribution in [3.05, 3.63) is 119 Å². The Labute approximate surface area is 185 Å². The smallest absolute Gasteiger partial charge is 0.0977 e. The zero-order chi connectivity index (χ0) is 21.1. The highest BCUT2D eigenvalue weighted by atomic mass is 16.3. The third-order valence-electron chi connectivity index (χ3n) is 6.96. The van der Waals surface area contributed by atoms with Crippen LogP contribution in [-0.4, -0.2) is 28.7 Å². The molecule has 2 aliphatic rings. The van der Waals surface area contributed by atoms with Crippen molar-refractivity contribution in [3.63, 3.8) is 0 Å². The number of nitrogens with zero attached hydrogens (tertiary/aromatic N) is 1. The summed E-state index contributed by atoms with van der Waals surface area (Å²) in [4.78, 5) is 2.50. The van der Waals surface area contributed by atoms with Crippen LogP contribution in [0.1, 0.15) is 48.8 Å². The zero-order valence-electron chi connectivity index (χ0n) is 18.0. The molecule has 1 heterocycles. The second-order valence-electron chi connectivity index (χ2n) is 8.91. The molecule has 1 fully saturated rings. The first kappa shape index (κ1) is 20.2. The van der Waals surface area contributed by atoms with Gasteiger partial charge >= 0.3 is 0 Å². The summed E-state index contributed by atoms with van der Waals surface area (Å²) >= 11 is 0. The van der Waals surface area contributed by atoms with Gasteiger partial charge in [-0.2, -0.15) is 0 Å². The van der Waals surface area contributed by atoms with Crippen LogP contribution >= 0.6 is 0 Å². The van der Waals surface area contributed by atoms with E-state index in [1.165, 1.54) is 41.5 Å². The van der Waals surface area contributed by atoms with E-state index in [1.807, 2.05) is 0 Å². The normalized spacial score (nSPS) is 21.9. The number of hydrogen-bond donors (Lipinski definition) is 1. The van der Waals surface area contributed by atoms with Crippen LogP contribution in [0.25, 0.3) is 0 Å². The van der Waals surface area contributed by atoms with E-state index in [0.29, 0.717) is 0 Å². The number of aliphatic hydroxyl groups excluding tert-OH is 1. The average Bonchev–Trinajstić information content (AvgIpc) is 3.64. The number of rotatable bonds is 7. The molecular weight excluding hydrogens is 378 g/mol. The van der Waals surface area contributed by atoms with Gasteiger partial charge in [0.2, 0.25) is 0 Å². The van der Waals surface area contributed by atoms with Gasteiger partial charge in [-0.05, 0) is 48.8 Å². The van der Waals surface area contributed by atoms with Gasteiger partial charge in [0.25, 0.3) is 0 Å². The van der Waals surface area contributed by atoms with Gasteiger partial charge in [-0.3, -0.25) is 4.90 Å². The summed E-state index contributed by atoms with van der Waals surface area (Å²) in [5.41, 5.74) is 4.78. The van der Waals surface area contributed by atoms with E-state index in [1.54, 1.807) is 0 Å². The van der Waals surface area contributed by atoms with Crippen molar-refractivity contribution in [2.24, 2.45) is 0 Å². The maximum absolute atomic E-state index is 11.2. The summed E-state index contributed by atoms with van der Waals surface area (Å²) in [6.07, 6.45) is 7.68. The van der Waals surface area contributed by atoms with Crippen LogP contribution in [0.3, 0.4) is 0 Å². The lowest BCUT2D eigenvalue weighted by Crippen LogP contribution is -2.40. The third-order valence-corrected chi connectivity index (χ3v) is 6.96. The van der Waals surface area contributed by atoms with Crippen molar-refractivity contribution in [1.29, 1.82) is 0 Å². The summed E-state index contributed by atoms with van der Waals surface area (Å²) in [5, 5.41) is 11.2. The molecule has 2 heteroatoms. The first-order valence-corrected chi connectivity index (χ1v) is 11.6. The molecule has 0 aromatic heterocycles. The average molecular weight is 410 g/mol. The largest absolute Gasteiger partial charge is 0.391 e. The van der Waals surface area contributed by atoms with Crippen LogP contribution in [-0.2, 0) is 5.54 Å². The molecule has 158 valence electrons. The molecular formula is C29H31NO. The van der Waals surface area contributed by atoms with Crippen LogP contribution in [0.15, 0.2) is 103 Å². The van der Waals surface area contributed by atoms with Crippen LogP contribution in [0.2, 0.25) is 0 Å². The molecule has 1 aliphatic heterocycles. The fourth-order valence-corrected chi connectivity index (χ4v) is 5.40. The predicted octanol–water partition coefficient (Wildman–Crippen LogP) is 5.91. The Morgan fingerprint density at radius 2 is 1.29 bits per heavy atom. The van der Waals surface area contributed by atoms with Gasteiger partial charge in [0, 0.05) is 6.54 Å². The minimum absolute atomic E-state index is 0.156. The van der Waals surface area contributed by atoms with Crippen molar-refractivity contribution >= 4 is 0 Å². The molecule has 1 aliphatic carbocycles. The van der Waals surface area contributed by atoms with Crippen molar-refractivity contribution in [3.8, 4) is 0 Å². The number of aliphatic hydroxyl groups is 1. The van der Waals surface area contributed by atoms with Gasteiger partial charge in [-0.25, -0.2) is 0 Å². The molecule has 1 unspecified atom stereocenters. The second kappa shape index (κ2) is 8.82. The highest BCUT2D eigenvalue weighted by molar-refractivity contribution is 5.51. The monoisotopic (exact) mass is 409 g/mol. The molecule has 0 spiro atoms. The lowest BCUT2D eigenvalue weighted by Gasteiger charge is -2.38. The molecule has 0 bridgehead atoms. The van der Waals surface area contributed by atoms with Gasteiger partial charge in [0.15, 0.2) is 0 Å². The highest BCUT2D eigenvalue weighted by Crippen LogP contribution is 2.49. The fourth-order valence-electron chi connectivity index (χ4n) is 5.40. The van der Waals surface area contributed by atoms with Crippen LogP contribution in [0, 0.1) is 0 Å². The van der Waals surface area contributed by atoms with Crippen molar-refractivity contribution in [1.82, 2.24) is 4.90 Å². The molecule has 0 radical (unpaired) electrons. The molecule has 3 aromatic carbocycles. The molecule has 2 nitrogen and oxygen atoms in total. The maximum Gasteiger partial charge on any atom is 0.0977 e. The minimum atomic E-state index is -0.406. The lowest BCUT2D eigenvalue weighted by atomic mass is 9.76. The number of hydrogen-bond acceptors (Lipinski definition) is 2. The van der Waals surface area contributed by atoms with Crippen LogP contribution < -0.4 is 0 Å². The second-order valence-corrected chi connectivity index (χ2v) is 8.91. The Bertz CT molecular complexity index is 916. The first-order chi connectivity index (χ1) is 15.3. The zero-order valence-corrected chi connectivity index (χ0v) is 18.0. The summed E-state index contributed by atoms with van der Waals surface area (Å²) in [6, 6.07) is 32.5. The third kappa shape index (κ3) is 3.86. The lowest BCUT2D eigenvalue weighted by molar-refractivity contribution is 0.139. The SMILES string of the molecule is O[C@H](CC1=CCCCC1)[C@@H]1CN1C(c1ccccc1)(c1ccccc1)c1ccccc1. The van der Waals surface area contributed by atoms with E-state index < -0.39 is 5.54 Å². The Hall–Kier alpha value is -2.68. The summed E-state index contributed by atoms with van der Waals surface area (Å²) in [7, 11) is 0. The van der Waals surface area contributed by atoms with E-state index >= 15 is 0 Å². The molecule has 0 saturated carbocycles. The van der Waals surface area contributed by atoms with E-state index in [-0.39, 0.29) is 12.1 Å². The topological polar surface area (TPSA) is 23.2 Å². The van der Waals surface area contributed by atoms with Gasteiger partial charge in [0.1, 0.15) is 0 Å². The van der Waals surface area contributed by atoms with E-state index in [9.17, 15) is 5.11 Å². The molecule has 1 saturated heterocycles. The first-order valence-electron chi connectivity index (χ1n) is 11.6. The minimum Gasteiger partial charge on any atom is -0.391 e. The maximum atomic E-state index is 11.2. The van der Waals surface area contributed by atoms with Gasteiger partial charge < -0.3 is 5.11 Å². The standard InChI is InChI=1S/C29H31NO/c31-28(21-23-13-5-1-6-14-23)27-22-30(27)29(24-15-7-2-8-16-24,25-17-9-3-10-18-25)26-19-11-4-12-20-26/h2-4,7-13,15-20,27-28,31H,1,5-6,14,21-22H2/t27-,28+,30?/m0/s1. The summed E-state index contributed by atoms with van der Waals surface area (Å²) in [5.74, 6) is 0. The van der Waals surface area contributed by atoms with Gasteiger partial charge in [-0.1, -0.05) is 103 Å². The molecule has 0 amide bonds. The number of allylic oxidation sites excluding steroid dienone is 1.